The Bertz CT molecular complexity index is 1450. The van der Waals surface area contributed by atoms with Crippen LogP contribution in [0.1, 0.15) is 46.7 Å². The highest BCUT2D eigenvalue weighted by atomic mass is 16.5. The molecule has 6 heteroatoms. The minimum absolute atomic E-state index is 0.194. The first kappa shape index (κ1) is 22.6. The van der Waals surface area contributed by atoms with E-state index in [1.54, 1.807) is 4.90 Å². The van der Waals surface area contributed by atoms with Gasteiger partial charge in [0.2, 0.25) is 5.82 Å². The molecular formula is C29H28N4O2. The van der Waals surface area contributed by atoms with Crippen molar-refractivity contribution >= 4 is 17.3 Å². The van der Waals surface area contributed by atoms with E-state index >= 15 is 0 Å². The largest absolute Gasteiger partial charge is 0.334 e. The van der Waals surface area contributed by atoms with Crippen molar-refractivity contribution in [2.24, 2.45) is 0 Å². The molecule has 1 aliphatic heterocycles. The van der Waals surface area contributed by atoms with E-state index < -0.39 is 6.04 Å². The van der Waals surface area contributed by atoms with E-state index in [4.69, 9.17) is 9.51 Å². The topological polar surface area (TPSA) is 71.3 Å². The van der Waals surface area contributed by atoms with Crippen LogP contribution in [0.5, 0.6) is 0 Å². The molecule has 0 radical (unpaired) electrons. The first-order valence-electron chi connectivity index (χ1n) is 11.7. The highest BCUT2D eigenvalue weighted by Crippen LogP contribution is 2.39. The fourth-order valence-electron chi connectivity index (χ4n) is 4.43. The predicted molar refractivity (Wildman–Crippen MR) is 138 cm³/mol. The Balaban J connectivity index is 1.68. The molecule has 1 atom stereocenters. The molecule has 176 valence electrons. The van der Waals surface area contributed by atoms with E-state index in [1.165, 1.54) is 11.1 Å². The van der Waals surface area contributed by atoms with E-state index in [9.17, 15) is 4.79 Å². The van der Waals surface area contributed by atoms with Gasteiger partial charge >= 0.3 is 6.03 Å². The van der Waals surface area contributed by atoms with E-state index in [0.29, 0.717) is 11.7 Å². The van der Waals surface area contributed by atoms with E-state index in [0.717, 1.165) is 39.2 Å². The van der Waals surface area contributed by atoms with Gasteiger partial charge in [-0.25, -0.2) is 4.79 Å². The fourth-order valence-corrected chi connectivity index (χ4v) is 4.43. The molecule has 0 aliphatic carbocycles. The second-order valence-corrected chi connectivity index (χ2v) is 9.12. The average molecular weight is 465 g/mol. The summed E-state index contributed by atoms with van der Waals surface area (Å²) < 4.78 is 5.80. The summed E-state index contributed by atoms with van der Waals surface area (Å²) in [4.78, 5) is 19.9. The standard InChI is InChI=1S/C29H28N4O2/c1-17-11-13-23(15-19(17)3)26-25(28-31-27(32-35-28)22-9-7-6-8-10-22)21(5)33(29(34)30-26)24-14-12-18(2)20(4)16-24/h6-16,26H,1-5H3,(H,30,34). The number of benzene rings is 3. The first-order chi connectivity index (χ1) is 16.8. The Morgan fingerprint density at radius 1 is 0.829 bits per heavy atom. The normalized spacial score (nSPS) is 16.0. The highest BCUT2D eigenvalue weighted by Gasteiger charge is 2.36. The Morgan fingerprint density at radius 2 is 1.51 bits per heavy atom. The van der Waals surface area contributed by atoms with Gasteiger partial charge in [0.05, 0.1) is 17.3 Å². The number of hydrogen-bond donors (Lipinski definition) is 1. The summed E-state index contributed by atoms with van der Waals surface area (Å²) in [5.41, 5.74) is 8.80. The van der Waals surface area contributed by atoms with Crippen LogP contribution < -0.4 is 10.2 Å². The number of carbonyl (C=O) groups is 1. The lowest BCUT2D eigenvalue weighted by Gasteiger charge is -2.35. The summed E-state index contributed by atoms with van der Waals surface area (Å²) in [7, 11) is 0. The Labute approximate surface area is 205 Å². The number of aryl methyl sites for hydroxylation is 4. The second kappa shape index (κ2) is 8.87. The third-order valence-corrected chi connectivity index (χ3v) is 6.79. The molecule has 3 aromatic carbocycles. The zero-order valence-electron chi connectivity index (χ0n) is 20.6. The molecule has 0 bridgehead atoms. The zero-order valence-corrected chi connectivity index (χ0v) is 20.6. The SMILES string of the molecule is CC1=C(c2nc(-c3ccccc3)no2)C(c2ccc(C)c(C)c2)NC(=O)N1c1ccc(C)c(C)c1. The molecule has 2 amide bonds. The number of hydrogen-bond acceptors (Lipinski definition) is 4. The predicted octanol–water partition coefficient (Wildman–Crippen LogP) is 6.67. The van der Waals surface area contributed by atoms with Crippen molar-refractivity contribution in [3.05, 3.63) is 106 Å². The number of urea groups is 1. The quantitative estimate of drug-likeness (QED) is 0.366. The number of allylic oxidation sites excluding steroid dienone is 1. The number of amides is 2. The van der Waals surface area contributed by atoms with Crippen LogP contribution in [-0.4, -0.2) is 16.2 Å². The van der Waals surface area contributed by atoms with Crippen molar-refractivity contribution in [1.29, 1.82) is 0 Å². The van der Waals surface area contributed by atoms with Gasteiger partial charge in [0, 0.05) is 11.3 Å². The van der Waals surface area contributed by atoms with Gasteiger partial charge < -0.3 is 9.84 Å². The van der Waals surface area contributed by atoms with E-state index in [2.05, 4.69) is 43.4 Å². The number of aromatic nitrogens is 2. The lowest BCUT2D eigenvalue weighted by Crippen LogP contribution is -2.46. The molecule has 1 aliphatic rings. The minimum Gasteiger partial charge on any atom is -0.334 e. The molecule has 5 rings (SSSR count). The molecule has 0 saturated carbocycles. The number of anilines is 1. The van der Waals surface area contributed by atoms with Crippen LogP contribution in [0.2, 0.25) is 0 Å². The third-order valence-electron chi connectivity index (χ3n) is 6.79. The Morgan fingerprint density at radius 3 is 2.20 bits per heavy atom. The molecule has 1 aromatic heterocycles. The Kier molecular flexibility index (Phi) is 5.73. The van der Waals surface area contributed by atoms with Crippen LogP contribution in [0.3, 0.4) is 0 Å². The van der Waals surface area contributed by atoms with E-state index in [-0.39, 0.29) is 6.03 Å². The molecular weight excluding hydrogens is 436 g/mol. The van der Waals surface area contributed by atoms with Crippen molar-refractivity contribution in [2.45, 2.75) is 40.7 Å². The summed E-state index contributed by atoms with van der Waals surface area (Å²) in [5.74, 6) is 0.896. The molecule has 6 nitrogen and oxygen atoms in total. The molecule has 4 aromatic rings. The van der Waals surface area contributed by atoms with Gasteiger partial charge in [0.1, 0.15) is 0 Å². The van der Waals surface area contributed by atoms with Crippen LogP contribution in [-0.2, 0) is 0 Å². The molecule has 0 saturated heterocycles. The van der Waals surface area contributed by atoms with Crippen LogP contribution in [0.4, 0.5) is 10.5 Å². The van der Waals surface area contributed by atoms with Crippen molar-refractivity contribution in [1.82, 2.24) is 15.5 Å². The van der Waals surface area contributed by atoms with Gasteiger partial charge in [-0.05, 0) is 74.6 Å². The highest BCUT2D eigenvalue weighted by molar-refractivity contribution is 6.01. The minimum atomic E-state index is -0.423. The Hall–Kier alpha value is -4.19. The molecule has 1 N–H and O–H groups in total. The van der Waals surface area contributed by atoms with Crippen molar-refractivity contribution < 1.29 is 9.32 Å². The zero-order chi connectivity index (χ0) is 24.7. The summed E-state index contributed by atoms with van der Waals surface area (Å²) in [5, 5.41) is 7.44. The number of rotatable bonds is 4. The van der Waals surface area contributed by atoms with Gasteiger partial charge in [-0.3, -0.25) is 4.90 Å². The van der Waals surface area contributed by atoms with Gasteiger partial charge in [-0.1, -0.05) is 59.8 Å². The van der Waals surface area contributed by atoms with Crippen LogP contribution in [0.25, 0.3) is 17.0 Å². The molecule has 35 heavy (non-hydrogen) atoms. The molecule has 0 fully saturated rings. The maximum absolute atomic E-state index is 13.5. The monoisotopic (exact) mass is 464 g/mol. The fraction of sp³-hybridized carbons (Fsp3) is 0.207. The van der Waals surface area contributed by atoms with Crippen molar-refractivity contribution in [3.8, 4) is 11.4 Å². The maximum atomic E-state index is 13.5. The van der Waals surface area contributed by atoms with Crippen LogP contribution >= 0.6 is 0 Å². The molecule has 1 unspecified atom stereocenters. The first-order valence-corrected chi connectivity index (χ1v) is 11.7. The summed E-state index contributed by atoms with van der Waals surface area (Å²) in [6.45, 7) is 10.2. The second-order valence-electron chi connectivity index (χ2n) is 9.12. The molecule has 2 heterocycles. The molecule has 0 spiro atoms. The maximum Gasteiger partial charge on any atom is 0.326 e. The van der Waals surface area contributed by atoms with Crippen LogP contribution in [0.15, 0.2) is 77.0 Å². The average Bonchev–Trinajstić information content (AvgIpc) is 3.33. The number of carbonyl (C=O) groups excluding carboxylic acids is 1. The van der Waals surface area contributed by atoms with Gasteiger partial charge in [0.25, 0.3) is 5.89 Å². The van der Waals surface area contributed by atoms with E-state index in [1.807, 2.05) is 68.4 Å². The lowest BCUT2D eigenvalue weighted by atomic mass is 9.92. The van der Waals surface area contributed by atoms with Gasteiger partial charge in [-0.2, -0.15) is 4.98 Å². The smallest absolute Gasteiger partial charge is 0.326 e. The van der Waals surface area contributed by atoms with Gasteiger partial charge in [0.15, 0.2) is 0 Å². The van der Waals surface area contributed by atoms with Crippen LogP contribution in [0, 0.1) is 27.7 Å². The van der Waals surface area contributed by atoms with Crippen molar-refractivity contribution in [2.75, 3.05) is 4.90 Å². The summed E-state index contributed by atoms with van der Waals surface area (Å²) >= 11 is 0. The van der Waals surface area contributed by atoms with Gasteiger partial charge in [-0.15, -0.1) is 0 Å². The number of nitrogens with zero attached hydrogens (tertiary/aromatic N) is 3. The summed E-state index contributed by atoms with van der Waals surface area (Å²) in [6.07, 6.45) is 0. The number of nitrogens with one attached hydrogen (secondary N) is 1. The summed E-state index contributed by atoms with van der Waals surface area (Å²) in [6, 6.07) is 21.3. The third kappa shape index (κ3) is 4.12. The lowest BCUT2D eigenvalue weighted by molar-refractivity contribution is 0.244. The van der Waals surface area contributed by atoms with Crippen molar-refractivity contribution in [3.63, 3.8) is 0 Å².